The molecule has 2 heterocycles. The van der Waals surface area contributed by atoms with Crippen molar-refractivity contribution in [3.8, 4) is 22.3 Å². The Kier molecular flexibility index (Phi) is 1.71. The molecule has 0 saturated carbocycles. The van der Waals surface area contributed by atoms with E-state index in [4.69, 9.17) is 29.4 Å². The van der Waals surface area contributed by atoms with E-state index in [0.29, 0.717) is 0 Å². The van der Waals surface area contributed by atoms with Crippen molar-refractivity contribution in [3.05, 3.63) is 121 Å². The molecule has 6 aromatic carbocycles. The Bertz CT molecular complexity index is 3090. The minimum Gasteiger partial charge on any atom is -0.464 e. The second kappa shape index (κ2) is 7.34. The van der Waals surface area contributed by atoms with Gasteiger partial charge in [-0.3, -0.25) is 0 Å². The van der Waals surface area contributed by atoms with E-state index >= 15 is 0 Å². The standard InChI is InChI=1S/C34H20O2/c1-2-9-21(10-3-1)30-23-11-4-6-13-25(23)31(26-14-7-5-12-24(26)30)27-15-8-16-28-32(27)33-29(36-28)18-17-22-19-20-35-34(22)33/h1-20H/i1D,2D,3D,4D,5D,6D,7D,8D,9D,10D,11D,12D,13D,14D,15D,16D,17D,18D,19D,20D. The number of furan rings is 2. The summed E-state index contributed by atoms with van der Waals surface area (Å²) < 4.78 is 187. The summed E-state index contributed by atoms with van der Waals surface area (Å²) in [5, 5.41) is -3.26. The molecule has 2 nitrogen and oxygen atoms in total. The molecule has 0 aliphatic rings. The summed E-state index contributed by atoms with van der Waals surface area (Å²) in [7, 11) is 0. The minimum atomic E-state index is -0.877. The first-order valence-corrected chi connectivity index (χ1v) is 10.6. The van der Waals surface area contributed by atoms with Crippen LogP contribution in [0.5, 0.6) is 0 Å². The van der Waals surface area contributed by atoms with Crippen LogP contribution in [0.15, 0.2) is 130 Å². The fraction of sp³-hybridized carbons (Fsp3) is 0. The Labute approximate surface area is 235 Å². The molecular weight excluding hydrogens is 440 g/mol. The highest BCUT2D eigenvalue weighted by Crippen LogP contribution is 2.47. The molecule has 36 heavy (non-hydrogen) atoms. The normalized spacial score (nSPS) is 19.7. The van der Waals surface area contributed by atoms with E-state index in [1.165, 1.54) is 0 Å². The van der Waals surface area contributed by atoms with Crippen LogP contribution in [0.25, 0.3) is 76.7 Å². The third kappa shape index (κ3) is 2.61. The van der Waals surface area contributed by atoms with Crippen LogP contribution in [-0.2, 0) is 0 Å². The molecule has 0 N–H and O–H groups in total. The Morgan fingerprint density at radius 3 is 1.86 bits per heavy atom. The molecule has 168 valence electrons. The smallest absolute Gasteiger partial charge is 0.145 e. The van der Waals surface area contributed by atoms with Crippen LogP contribution in [0.3, 0.4) is 0 Å². The predicted octanol–water partition coefficient (Wildman–Crippen LogP) is 9.97. The highest BCUT2D eigenvalue weighted by molar-refractivity contribution is 6.27. The molecule has 0 atom stereocenters. The van der Waals surface area contributed by atoms with Crippen LogP contribution >= 0.6 is 0 Å². The molecule has 2 aromatic heterocycles. The van der Waals surface area contributed by atoms with Crippen molar-refractivity contribution in [1.29, 1.82) is 0 Å². The minimum absolute atomic E-state index is 0.280. The van der Waals surface area contributed by atoms with Crippen molar-refractivity contribution >= 4 is 54.5 Å². The quantitative estimate of drug-likeness (QED) is 0.230. The molecule has 0 spiro atoms. The zero-order valence-electron chi connectivity index (χ0n) is 37.8. The Hall–Kier alpha value is -4.82. The monoisotopic (exact) mass is 480 g/mol. The summed E-state index contributed by atoms with van der Waals surface area (Å²) >= 11 is 0. The number of hydrogen-bond acceptors (Lipinski definition) is 2. The van der Waals surface area contributed by atoms with Crippen LogP contribution in [-0.4, -0.2) is 0 Å². The predicted molar refractivity (Wildman–Crippen MR) is 149 cm³/mol. The number of rotatable bonds is 2. The van der Waals surface area contributed by atoms with Crippen LogP contribution < -0.4 is 0 Å². The van der Waals surface area contributed by atoms with Gasteiger partial charge in [-0.2, -0.15) is 0 Å². The van der Waals surface area contributed by atoms with Crippen molar-refractivity contribution in [2.75, 3.05) is 0 Å². The second-order valence-corrected chi connectivity index (χ2v) is 7.79. The van der Waals surface area contributed by atoms with E-state index in [-0.39, 0.29) is 21.7 Å². The molecule has 0 radical (unpaired) electrons. The summed E-state index contributed by atoms with van der Waals surface area (Å²) in [6.07, 6.45) is -0.729. The molecule has 0 unspecified atom stereocenters. The Morgan fingerprint density at radius 2 is 1.14 bits per heavy atom. The van der Waals surface area contributed by atoms with Gasteiger partial charge in [0.1, 0.15) is 18.1 Å². The maximum Gasteiger partial charge on any atom is 0.145 e. The van der Waals surface area contributed by atoms with Crippen LogP contribution in [0.4, 0.5) is 0 Å². The van der Waals surface area contributed by atoms with Crippen LogP contribution in [0.2, 0.25) is 0 Å². The van der Waals surface area contributed by atoms with Crippen LogP contribution in [0.1, 0.15) is 27.4 Å². The first-order chi connectivity index (χ1) is 26.2. The van der Waals surface area contributed by atoms with Crippen molar-refractivity contribution in [3.63, 3.8) is 0 Å². The molecular formula is C34H20O2. The average molecular weight is 481 g/mol. The van der Waals surface area contributed by atoms with E-state index in [9.17, 15) is 6.85 Å². The maximum absolute atomic E-state index is 9.33. The molecule has 8 rings (SSSR count). The summed E-state index contributed by atoms with van der Waals surface area (Å²) in [5.74, 6) is 0. The van der Waals surface area contributed by atoms with E-state index in [1.54, 1.807) is 0 Å². The lowest BCUT2D eigenvalue weighted by molar-refractivity contribution is 0.618. The molecule has 0 aliphatic heterocycles. The molecule has 0 amide bonds. The molecule has 0 fully saturated rings. The van der Waals surface area contributed by atoms with Gasteiger partial charge in [-0.1, -0.05) is 90.6 Å². The lowest BCUT2D eigenvalue weighted by Gasteiger charge is -2.18. The van der Waals surface area contributed by atoms with Gasteiger partial charge < -0.3 is 8.83 Å². The molecule has 2 heteroatoms. The van der Waals surface area contributed by atoms with Crippen molar-refractivity contribution in [2.45, 2.75) is 0 Å². The fourth-order valence-corrected chi connectivity index (χ4v) is 4.58. The largest absolute Gasteiger partial charge is 0.464 e. The SMILES string of the molecule is [2H]c1oc2c(c1[2H])c([2H])c([2H])c1oc3c([2H])c([2H])c([2H])c(-c4c5c([2H])c([2H])c([2H])c([2H])c5c(-c5c([2H])c([2H])c([2H])c([2H])c5[2H])c5c([2H])c([2H])c([2H])c([2H])c45)c3c12. The number of benzene rings is 6. The average Bonchev–Trinajstić information content (AvgIpc) is 3.71. The number of fused-ring (bicyclic) bond motifs is 7. The summed E-state index contributed by atoms with van der Waals surface area (Å²) in [6.45, 7) is 0. The van der Waals surface area contributed by atoms with Crippen molar-refractivity contribution in [2.24, 2.45) is 0 Å². The number of hydrogen-bond donors (Lipinski definition) is 0. The highest BCUT2D eigenvalue weighted by atomic mass is 16.3. The molecule has 8 aromatic rings. The zero-order valence-corrected chi connectivity index (χ0v) is 17.8. The summed E-state index contributed by atoms with van der Waals surface area (Å²) in [6, 6.07) is -15.4. The Morgan fingerprint density at radius 1 is 0.500 bits per heavy atom. The molecule has 0 saturated heterocycles. The van der Waals surface area contributed by atoms with Gasteiger partial charge in [0.15, 0.2) is 0 Å². The van der Waals surface area contributed by atoms with Gasteiger partial charge in [-0.05, 0) is 68.0 Å². The van der Waals surface area contributed by atoms with E-state index in [1.807, 2.05) is 0 Å². The van der Waals surface area contributed by atoms with Gasteiger partial charge in [0.2, 0.25) is 0 Å². The van der Waals surface area contributed by atoms with Gasteiger partial charge in [0.05, 0.1) is 37.7 Å². The van der Waals surface area contributed by atoms with E-state index < -0.39 is 176 Å². The van der Waals surface area contributed by atoms with Crippen molar-refractivity contribution < 1.29 is 36.2 Å². The first-order valence-electron chi connectivity index (χ1n) is 20.6. The maximum atomic E-state index is 9.33. The van der Waals surface area contributed by atoms with Gasteiger partial charge in [0.25, 0.3) is 0 Å². The van der Waals surface area contributed by atoms with E-state index in [0.717, 1.165) is 0 Å². The molecule has 0 aliphatic carbocycles. The Balaban J connectivity index is 1.82. The molecule has 0 bridgehead atoms. The topological polar surface area (TPSA) is 26.3 Å². The third-order valence-electron chi connectivity index (χ3n) is 5.98. The van der Waals surface area contributed by atoms with Gasteiger partial charge >= 0.3 is 0 Å². The summed E-state index contributed by atoms with van der Waals surface area (Å²) in [4.78, 5) is 0. The van der Waals surface area contributed by atoms with Crippen LogP contribution in [0, 0.1) is 0 Å². The van der Waals surface area contributed by atoms with Gasteiger partial charge in [-0.25, -0.2) is 0 Å². The highest BCUT2D eigenvalue weighted by Gasteiger charge is 2.21. The fourth-order valence-electron chi connectivity index (χ4n) is 4.58. The lowest BCUT2D eigenvalue weighted by Crippen LogP contribution is -1.91. The second-order valence-electron chi connectivity index (χ2n) is 7.79. The first kappa shape index (κ1) is 8.39. The van der Waals surface area contributed by atoms with Gasteiger partial charge in [0, 0.05) is 10.8 Å². The zero-order chi connectivity index (χ0) is 41.0. The third-order valence-corrected chi connectivity index (χ3v) is 5.98. The van der Waals surface area contributed by atoms with Gasteiger partial charge in [-0.15, -0.1) is 0 Å². The summed E-state index contributed by atoms with van der Waals surface area (Å²) in [5.41, 5.74) is -3.62. The van der Waals surface area contributed by atoms with E-state index in [2.05, 4.69) is 0 Å². The van der Waals surface area contributed by atoms with Crippen molar-refractivity contribution in [1.82, 2.24) is 0 Å². The lowest BCUT2D eigenvalue weighted by atomic mass is 9.85.